The zero-order valence-corrected chi connectivity index (χ0v) is 15.8. The van der Waals surface area contributed by atoms with E-state index in [1.165, 1.54) is 10.4 Å². The second-order valence-corrected chi connectivity index (χ2v) is 7.73. The van der Waals surface area contributed by atoms with Crippen molar-refractivity contribution < 1.29 is 4.79 Å². The van der Waals surface area contributed by atoms with Crippen molar-refractivity contribution in [1.29, 1.82) is 0 Å². The average molecular weight is 372 g/mol. The molecule has 2 aromatic heterocycles. The van der Waals surface area contributed by atoms with Gasteiger partial charge >= 0.3 is 6.03 Å². The molecule has 3 rings (SSSR count). The summed E-state index contributed by atoms with van der Waals surface area (Å²) in [4.78, 5) is 18.8. The first-order valence-electron chi connectivity index (χ1n) is 8.28. The Morgan fingerprint density at radius 2 is 1.96 bits per heavy atom. The quantitative estimate of drug-likeness (QED) is 0.596. The summed E-state index contributed by atoms with van der Waals surface area (Å²) < 4.78 is 0. The highest BCUT2D eigenvalue weighted by Crippen LogP contribution is 2.30. The van der Waals surface area contributed by atoms with Crippen molar-refractivity contribution in [3.8, 4) is 9.88 Å². The summed E-state index contributed by atoms with van der Waals surface area (Å²) in [6.07, 6.45) is 1.90. The molecule has 1 aromatic carbocycles. The van der Waals surface area contributed by atoms with Crippen LogP contribution in [-0.2, 0) is 13.0 Å². The number of thiophene rings is 1. The molecule has 3 aromatic rings. The molecule has 0 bridgehead atoms. The van der Waals surface area contributed by atoms with E-state index in [0.29, 0.717) is 13.1 Å². The standard InChI is InChI=1S/C19H21N3OS2/c1-14-17(25-18(22-14)16-10-6-12-24-16)13-21-19(23)20-11-5-9-15-7-3-2-4-8-15/h2-4,6-8,10,12H,5,9,11,13H2,1H3,(H2,20,21,23). The van der Waals surface area contributed by atoms with Gasteiger partial charge in [0.05, 0.1) is 17.1 Å². The lowest BCUT2D eigenvalue weighted by Gasteiger charge is -2.07. The Labute approximate surface area is 155 Å². The van der Waals surface area contributed by atoms with E-state index in [0.717, 1.165) is 28.4 Å². The van der Waals surface area contributed by atoms with Crippen LogP contribution in [0.4, 0.5) is 4.79 Å². The van der Waals surface area contributed by atoms with Crippen LogP contribution in [0.15, 0.2) is 47.8 Å². The van der Waals surface area contributed by atoms with Gasteiger partial charge in [-0.3, -0.25) is 0 Å². The van der Waals surface area contributed by atoms with E-state index >= 15 is 0 Å². The monoisotopic (exact) mass is 371 g/mol. The van der Waals surface area contributed by atoms with Gasteiger partial charge in [-0.25, -0.2) is 9.78 Å². The van der Waals surface area contributed by atoms with Crippen LogP contribution < -0.4 is 10.6 Å². The lowest BCUT2D eigenvalue weighted by Crippen LogP contribution is -2.35. The molecule has 0 aliphatic carbocycles. The van der Waals surface area contributed by atoms with E-state index in [9.17, 15) is 4.79 Å². The van der Waals surface area contributed by atoms with E-state index < -0.39 is 0 Å². The minimum absolute atomic E-state index is 0.126. The molecule has 6 heteroatoms. The van der Waals surface area contributed by atoms with Crippen molar-refractivity contribution in [2.45, 2.75) is 26.3 Å². The van der Waals surface area contributed by atoms with Crippen LogP contribution in [0.1, 0.15) is 22.6 Å². The fraction of sp³-hybridized carbons (Fsp3) is 0.263. The molecule has 25 heavy (non-hydrogen) atoms. The second-order valence-electron chi connectivity index (χ2n) is 5.70. The molecule has 130 valence electrons. The molecule has 2 amide bonds. The van der Waals surface area contributed by atoms with Gasteiger partial charge in [-0.1, -0.05) is 36.4 Å². The molecule has 4 nitrogen and oxygen atoms in total. The predicted molar refractivity (Wildman–Crippen MR) is 105 cm³/mol. The summed E-state index contributed by atoms with van der Waals surface area (Å²) >= 11 is 3.32. The molecule has 0 spiro atoms. The Morgan fingerprint density at radius 1 is 1.12 bits per heavy atom. The van der Waals surface area contributed by atoms with Crippen molar-refractivity contribution in [2.75, 3.05) is 6.54 Å². The number of carbonyl (C=O) groups excluding carboxylic acids is 1. The average Bonchev–Trinajstić information content (AvgIpc) is 3.27. The number of rotatable bonds is 7. The van der Waals surface area contributed by atoms with E-state index in [4.69, 9.17) is 0 Å². The third-order valence-corrected chi connectivity index (χ3v) is 6.00. The van der Waals surface area contributed by atoms with Gasteiger partial charge in [0.1, 0.15) is 5.01 Å². The predicted octanol–water partition coefficient (Wildman–Crippen LogP) is 4.61. The maximum Gasteiger partial charge on any atom is 0.315 e. The van der Waals surface area contributed by atoms with Gasteiger partial charge in [0.15, 0.2) is 0 Å². The Kier molecular flexibility index (Phi) is 6.19. The zero-order valence-electron chi connectivity index (χ0n) is 14.1. The van der Waals surface area contributed by atoms with Gasteiger partial charge in [-0.05, 0) is 36.8 Å². The van der Waals surface area contributed by atoms with Gasteiger partial charge < -0.3 is 10.6 Å². The first-order valence-corrected chi connectivity index (χ1v) is 9.98. The summed E-state index contributed by atoms with van der Waals surface area (Å²) in [5.74, 6) is 0. The van der Waals surface area contributed by atoms with Gasteiger partial charge in [-0.15, -0.1) is 22.7 Å². The SMILES string of the molecule is Cc1nc(-c2cccs2)sc1CNC(=O)NCCCc1ccccc1. The van der Waals surface area contributed by atoms with Crippen LogP contribution in [0.25, 0.3) is 9.88 Å². The van der Waals surface area contributed by atoms with E-state index in [2.05, 4.69) is 33.8 Å². The Balaban J connectivity index is 1.40. The van der Waals surface area contributed by atoms with Crippen molar-refractivity contribution in [1.82, 2.24) is 15.6 Å². The van der Waals surface area contributed by atoms with Crippen LogP contribution in [0.5, 0.6) is 0 Å². The summed E-state index contributed by atoms with van der Waals surface area (Å²) in [6, 6.07) is 14.3. The minimum Gasteiger partial charge on any atom is -0.338 e. The Hall–Kier alpha value is -2.18. The highest BCUT2D eigenvalue weighted by molar-refractivity contribution is 7.21. The highest BCUT2D eigenvalue weighted by atomic mass is 32.1. The Bertz CT molecular complexity index is 797. The van der Waals surface area contributed by atoms with Crippen molar-refractivity contribution in [2.24, 2.45) is 0 Å². The fourth-order valence-corrected chi connectivity index (χ4v) is 4.26. The topological polar surface area (TPSA) is 54.0 Å². The van der Waals surface area contributed by atoms with Gasteiger partial charge in [0.2, 0.25) is 0 Å². The summed E-state index contributed by atoms with van der Waals surface area (Å²) in [6.45, 7) is 3.17. The first kappa shape index (κ1) is 17.6. The molecule has 0 radical (unpaired) electrons. The lowest BCUT2D eigenvalue weighted by atomic mass is 10.1. The van der Waals surface area contributed by atoms with Crippen LogP contribution in [-0.4, -0.2) is 17.6 Å². The van der Waals surface area contributed by atoms with E-state index in [1.807, 2.05) is 36.6 Å². The maximum atomic E-state index is 11.9. The minimum atomic E-state index is -0.126. The number of benzene rings is 1. The largest absolute Gasteiger partial charge is 0.338 e. The molecule has 0 unspecified atom stereocenters. The summed E-state index contributed by atoms with van der Waals surface area (Å²) in [5, 5.41) is 8.90. The van der Waals surface area contributed by atoms with Crippen molar-refractivity contribution in [3.05, 3.63) is 64.0 Å². The number of urea groups is 1. The van der Waals surface area contributed by atoms with Crippen LogP contribution in [0.2, 0.25) is 0 Å². The molecule has 0 atom stereocenters. The third-order valence-electron chi connectivity index (χ3n) is 3.80. The highest BCUT2D eigenvalue weighted by Gasteiger charge is 2.11. The van der Waals surface area contributed by atoms with E-state index in [1.54, 1.807) is 22.7 Å². The smallest absolute Gasteiger partial charge is 0.315 e. The third kappa shape index (κ3) is 5.14. The van der Waals surface area contributed by atoms with Crippen LogP contribution >= 0.6 is 22.7 Å². The molecule has 0 aliphatic rings. The number of thiazole rings is 1. The zero-order chi connectivity index (χ0) is 17.5. The summed E-state index contributed by atoms with van der Waals surface area (Å²) in [5.41, 5.74) is 2.28. The number of amides is 2. The normalized spacial score (nSPS) is 10.6. The van der Waals surface area contributed by atoms with Crippen LogP contribution in [0, 0.1) is 6.92 Å². The second kappa shape index (κ2) is 8.78. The molecule has 0 aliphatic heterocycles. The molecular formula is C19H21N3OS2. The number of nitrogens with one attached hydrogen (secondary N) is 2. The summed E-state index contributed by atoms with van der Waals surface area (Å²) in [7, 11) is 0. The van der Waals surface area contributed by atoms with Gasteiger partial charge in [0, 0.05) is 11.4 Å². The first-order chi connectivity index (χ1) is 12.2. The number of carbonyl (C=O) groups is 1. The van der Waals surface area contributed by atoms with Gasteiger partial charge in [0.25, 0.3) is 0 Å². The van der Waals surface area contributed by atoms with Crippen molar-refractivity contribution >= 4 is 28.7 Å². The molecular weight excluding hydrogens is 350 g/mol. The molecule has 0 saturated heterocycles. The Morgan fingerprint density at radius 3 is 2.72 bits per heavy atom. The molecule has 2 heterocycles. The number of nitrogens with zero attached hydrogens (tertiary/aromatic N) is 1. The van der Waals surface area contributed by atoms with Crippen molar-refractivity contribution in [3.63, 3.8) is 0 Å². The fourth-order valence-electron chi connectivity index (χ4n) is 2.46. The van der Waals surface area contributed by atoms with Gasteiger partial charge in [-0.2, -0.15) is 0 Å². The number of aromatic nitrogens is 1. The lowest BCUT2D eigenvalue weighted by molar-refractivity contribution is 0.240. The number of hydrogen-bond donors (Lipinski definition) is 2. The number of hydrogen-bond acceptors (Lipinski definition) is 4. The van der Waals surface area contributed by atoms with Crippen LogP contribution in [0.3, 0.4) is 0 Å². The number of aryl methyl sites for hydroxylation is 2. The molecule has 0 fully saturated rings. The maximum absolute atomic E-state index is 11.9. The molecule has 0 saturated carbocycles. The molecule has 2 N–H and O–H groups in total. The van der Waals surface area contributed by atoms with E-state index in [-0.39, 0.29) is 6.03 Å².